The van der Waals surface area contributed by atoms with Crippen LogP contribution in [0.25, 0.3) is 5.57 Å². The molecule has 7 heteroatoms. The molecule has 0 bridgehead atoms. The Hall–Kier alpha value is -3.09. The zero-order valence-corrected chi connectivity index (χ0v) is 28.7. The average molecular weight is 631 g/mol. The first-order valence-electron chi connectivity index (χ1n) is 17.5. The van der Waals surface area contributed by atoms with E-state index < -0.39 is 11.9 Å². The smallest absolute Gasteiger partial charge is 0.335 e. The third kappa shape index (κ3) is 4.69. The Labute approximate surface area is 274 Å². The van der Waals surface area contributed by atoms with Crippen LogP contribution in [0.5, 0.6) is 0 Å². The topological polar surface area (TPSA) is 116 Å². The van der Waals surface area contributed by atoms with Gasteiger partial charge in [-0.3, -0.25) is 4.79 Å². The van der Waals surface area contributed by atoms with Gasteiger partial charge in [0.15, 0.2) is 0 Å². The van der Waals surface area contributed by atoms with Gasteiger partial charge < -0.3 is 20.8 Å². The van der Waals surface area contributed by atoms with Gasteiger partial charge in [-0.1, -0.05) is 65.0 Å². The number of rotatable bonds is 6. The van der Waals surface area contributed by atoms with Gasteiger partial charge in [0.25, 0.3) is 0 Å². The summed E-state index contributed by atoms with van der Waals surface area (Å²) in [6.07, 6.45) is 12.1. The quantitative estimate of drug-likeness (QED) is 0.237. The van der Waals surface area contributed by atoms with Crippen LogP contribution in [0.1, 0.15) is 115 Å². The maximum absolute atomic E-state index is 13.1. The number of carboxylic acid groups (broad SMARTS) is 2. The molecular weight excluding hydrogens is 576 g/mol. The van der Waals surface area contributed by atoms with Crippen molar-refractivity contribution >= 4 is 23.5 Å². The molecule has 9 atom stereocenters. The Kier molecular flexibility index (Phi) is 7.84. The number of hydrogen-bond acceptors (Lipinski definition) is 3. The minimum atomic E-state index is -1.04. The molecule has 4 saturated carbocycles. The third-order valence-electron chi connectivity index (χ3n) is 14.8. The summed E-state index contributed by atoms with van der Waals surface area (Å²) in [5.74, 6) is 0.280. The molecule has 6 rings (SSSR count). The number of amides is 2. The highest BCUT2D eigenvalue weighted by Crippen LogP contribution is 2.76. The number of nitrogens with one attached hydrogen (secondary N) is 2. The van der Waals surface area contributed by atoms with E-state index in [4.69, 9.17) is 5.11 Å². The van der Waals surface area contributed by atoms with Crippen molar-refractivity contribution in [3.05, 3.63) is 53.6 Å². The average Bonchev–Trinajstić information content (AvgIpc) is 3.36. The largest absolute Gasteiger partial charge is 0.480 e. The van der Waals surface area contributed by atoms with Crippen molar-refractivity contribution < 1.29 is 24.6 Å². The predicted molar refractivity (Wildman–Crippen MR) is 180 cm³/mol. The lowest BCUT2D eigenvalue weighted by atomic mass is 9.33. The number of aromatic carboxylic acids is 1. The van der Waals surface area contributed by atoms with Crippen LogP contribution >= 0.6 is 0 Å². The maximum Gasteiger partial charge on any atom is 0.335 e. The van der Waals surface area contributed by atoms with Crippen molar-refractivity contribution in [3.8, 4) is 0 Å². The van der Waals surface area contributed by atoms with Crippen LogP contribution in [-0.4, -0.2) is 40.3 Å². The predicted octanol–water partition coefficient (Wildman–Crippen LogP) is 8.17. The molecule has 0 saturated heterocycles. The summed E-state index contributed by atoms with van der Waals surface area (Å²) in [5, 5.41) is 24.5. The molecule has 0 unspecified atom stereocenters. The van der Waals surface area contributed by atoms with E-state index >= 15 is 0 Å². The van der Waals surface area contributed by atoms with Gasteiger partial charge in [-0.05, 0) is 139 Å². The fourth-order valence-electron chi connectivity index (χ4n) is 12.7. The fourth-order valence-corrected chi connectivity index (χ4v) is 12.7. The lowest BCUT2D eigenvalue weighted by Gasteiger charge is -2.72. The molecule has 0 heterocycles. The lowest BCUT2D eigenvalue weighted by Crippen LogP contribution is -2.68. The highest BCUT2D eigenvalue weighted by atomic mass is 16.4. The number of hydrogen-bond donors (Lipinski definition) is 4. The Balaban J connectivity index is 1.32. The van der Waals surface area contributed by atoms with Crippen molar-refractivity contribution in [1.29, 1.82) is 0 Å². The van der Waals surface area contributed by atoms with Crippen molar-refractivity contribution in [1.82, 2.24) is 10.6 Å². The first-order chi connectivity index (χ1) is 21.5. The van der Waals surface area contributed by atoms with Crippen LogP contribution in [0.15, 0.2) is 42.5 Å². The van der Waals surface area contributed by atoms with Gasteiger partial charge in [-0.2, -0.15) is 0 Å². The summed E-state index contributed by atoms with van der Waals surface area (Å²) < 4.78 is 0. The summed E-state index contributed by atoms with van der Waals surface area (Å²) >= 11 is 0. The first-order valence-corrected chi connectivity index (χ1v) is 17.5. The SMILES string of the molecule is C=C(C)[C@@H]1CC[C@]2(NC(=O)NCC(=O)O)CC[C@]3(C)[C@H](CC[C@@H]4[C@@]5(C)CC=C(c6ccc(C(=O)O)cc6)C(C)(C)[C@@H]5CC[C@]43C)[C@@H]12. The van der Waals surface area contributed by atoms with Crippen molar-refractivity contribution in [3.63, 3.8) is 0 Å². The molecule has 2 amide bonds. The van der Waals surface area contributed by atoms with Gasteiger partial charge >= 0.3 is 18.0 Å². The molecule has 0 aromatic heterocycles. The minimum Gasteiger partial charge on any atom is -0.480 e. The van der Waals surface area contributed by atoms with Gasteiger partial charge in [-0.25, -0.2) is 9.59 Å². The second-order valence-corrected chi connectivity index (χ2v) is 17.0. The molecule has 0 radical (unpaired) electrons. The molecule has 1 aromatic rings. The summed E-state index contributed by atoms with van der Waals surface area (Å²) in [4.78, 5) is 35.7. The van der Waals surface area contributed by atoms with E-state index in [1.165, 1.54) is 30.4 Å². The highest BCUT2D eigenvalue weighted by molar-refractivity contribution is 5.88. The standard InChI is InChI=1S/C39H54N2O5/c1-23(2)26-14-19-39(41-34(46)40-22-31(42)43)21-20-37(6)28(32(26)39)12-13-30-36(5)17-15-27(24-8-10-25(11-9-24)33(44)45)35(3,4)29(36)16-18-38(30,37)7/h8-11,15,26,28-30,32H,1,12-14,16-22H2,2-7H3,(H,42,43)(H,44,45)(H2,40,41,46)/t26-,28+,29-,30+,32+,36-,37+,38+,39-/m0/s1. The second kappa shape index (κ2) is 11.0. The molecule has 4 N–H and O–H groups in total. The van der Waals surface area contributed by atoms with Crippen molar-refractivity contribution in [2.75, 3.05) is 6.54 Å². The Morgan fingerprint density at radius 1 is 0.870 bits per heavy atom. The van der Waals surface area contributed by atoms with Crippen molar-refractivity contribution in [2.24, 2.45) is 51.2 Å². The van der Waals surface area contributed by atoms with Crippen LogP contribution in [0, 0.1) is 51.2 Å². The fraction of sp³-hybridized carbons (Fsp3) is 0.667. The molecule has 5 aliphatic rings. The Bertz CT molecular complexity index is 1480. The van der Waals surface area contributed by atoms with Crippen LogP contribution in [0.4, 0.5) is 4.79 Å². The molecule has 0 spiro atoms. The van der Waals surface area contributed by atoms with E-state index in [0.717, 1.165) is 44.1 Å². The number of carboxylic acids is 2. The second-order valence-electron chi connectivity index (χ2n) is 17.0. The zero-order valence-electron chi connectivity index (χ0n) is 28.7. The van der Waals surface area contributed by atoms with E-state index in [1.54, 1.807) is 12.1 Å². The van der Waals surface area contributed by atoms with Crippen LogP contribution in [0.2, 0.25) is 0 Å². The Morgan fingerprint density at radius 3 is 2.20 bits per heavy atom. The van der Waals surface area contributed by atoms with Crippen LogP contribution in [0.3, 0.4) is 0 Å². The molecule has 0 aliphatic heterocycles. The summed E-state index contributed by atoms with van der Waals surface area (Å²) in [6, 6.07) is 7.08. The molecule has 250 valence electrons. The number of benzene rings is 1. The number of fused-ring (bicyclic) bond motifs is 7. The summed E-state index contributed by atoms with van der Waals surface area (Å²) in [5.41, 5.74) is 4.07. The Morgan fingerprint density at radius 2 is 1.57 bits per heavy atom. The number of allylic oxidation sites excluding steroid dienone is 3. The lowest BCUT2D eigenvalue weighted by molar-refractivity contribution is -0.218. The zero-order chi connectivity index (χ0) is 33.4. The molecule has 1 aromatic carbocycles. The molecule has 5 aliphatic carbocycles. The van der Waals surface area contributed by atoms with E-state index in [2.05, 4.69) is 64.8 Å². The molecule has 46 heavy (non-hydrogen) atoms. The van der Waals surface area contributed by atoms with Crippen LogP contribution < -0.4 is 10.6 Å². The number of aliphatic carboxylic acids is 1. The van der Waals surface area contributed by atoms with E-state index in [9.17, 15) is 19.5 Å². The highest BCUT2D eigenvalue weighted by Gasteiger charge is 2.70. The number of carbonyl (C=O) groups is 3. The van der Waals surface area contributed by atoms with Gasteiger partial charge in [0.1, 0.15) is 6.54 Å². The third-order valence-corrected chi connectivity index (χ3v) is 14.8. The van der Waals surface area contributed by atoms with Gasteiger partial charge in [0.2, 0.25) is 0 Å². The summed E-state index contributed by atoms with van der Waals surface area (Å²) in [7, 11) is 0. The van der Waals surface area contributed by atoms with Crippen molar-refractivity contribution in [2.45, 2.75) is 105 Å². The molecule has 7 nitrogen and oxygen atoms in total. The first kappa shape index (κ1) is 32.8. The van der Waals surface area contributed by atoms with Crippen LogP contribution in [-0.2, 0) is 4.79 Å². The summed E-state index contributed by atoms with van der Waals surface area (Å²) in [6.45, 7) is 18.8. The molecule has 4 fully saturated rings. The van der Waals surface area contributed by atoms with Gasteiger partial charge in [0, 0.05) is 5.54 Å². The van der Waals surface area contributed by atoms with Gasteiger partial charge in [-0.15, -0.1) is 0 Å². The van der Waals surface area contributed by atoms with E-state index in [-0.39, 0.29) is 39.8 Å². The van der Waals surface area contributed by atoms with E-state index in [1.807, 2.05) is 12.1 Å². The maximum atomic E-state index is 13.1. The van der Waals surface area contributed by atoms with E-state index in [0.29, 0.717) is 35.2 Å². The number of carbonyl (C=O) groups excluding carboxylic acids is 1. The molecular formula is C39H54N2O5. The number of urea groups is 1. The van der Waals surface area contributed by atoms with Gasteiger partial charge in [0.05, 0.1) is 5.56 Å². The minimum absolute atomic E-state index is 0.0394. The normalized spacial score (nSPS) is 40.7. The monoisotopic (exact) mass is 630 g/mol.